The Kier molecular flexibility index (Phi) is 6.96. The van der Waals surface area contributed by atoms with Gasteiger partial charge in [0, 0.05) is 23.7 Å². The average molecular weight is 514 g/mol. The standard InChI is InChI=1S/C21H18F4N4O5S/c1-10-9-26-20(16(33-3)15(10)22)34-19-14(11(2)17(28-29-19)21(23,24)25)18(30)27-12-6-5-7-13(8-12)35(4,31)32/h5-9H,1-4H3,(H,27,30). The predicted molar refractivity (Wildman–Crippen MR) is 115 cm³/mol. The fourth-order valence-corrected chi connectivity index (χ4v) is 3.66. The largest absolute Gasteiger partial charge is 0.489 e. The average Bonchev–Trinajstić information content (AvgIpc) is 2.75. The van der Waals surface area contributed by atoms with Crippen molar-refractivity contribution in [1.29, 1.82) is 0 Å². The molecule has 0 saturated carbocycles. The molecule has 186 valence electrons. The minimum atomic E-state index is -4.95. The number of ether oxygens (including phenoxy) is 2. The number of carbonyl (C=O) groups is 1. The van der Waals surface area contributed by atoms with Crippen LogP contribution in [0.3, 0.4) is 0 Å². The number of hydrogen-bond acceptors (Lipinski definition) is 8. The molecule has 14 heteroatoms. The van der Waals surface area contributed by atoms with Crippen molar-refractivity contribution in [1.82, 2.24) is 15.2 Å². The Labute approximate surface area is 197 Å². The second kappa shape index (κ2) is 9.44. The van der Waals surface area contributed by atoms with Crippen molar-refractivity contribution >= 4 is 21.4 Å². The number of hydrogen-bond donors (Lipinski definition) is 1. The van der Waals surface area contributed by atoms with Crippen molar-refractivity contribution in [3.63, 3.8) is 0 Å². The Morgan fingerprint density at radius 1 is 1.11 bits per heavy atom. The van der Waals surface area contributed by atoms with Crippen molar-refractivity contribution < 1.29 is 40.2 Å². The topological polar surface area (TPSA) is 120 Å². The summed E-state index contributed by atoms with van der Waals surface area (Å²) in [4.78, 5) is 16.8. The molecule has 0 aliphatic carbocycles. The molecule has 1 N–H and O–H groups in total. The highest BCUT2D eigenvalue weighted by molar-refractivity contribution is 7.90. The molecule has 2 heterocycles. The molecule has 0 unspecified atom stereocenters. The lowest BCUT2D eigenvalue weighted by Crippen LogP contribution is -2.21. The van der Waals surface area contributed by atoms with Gasteiger partial charge >= 0.3 is 6.18 Å². The van der Waals surface area contributed by atoms with E-state index in [9.17, 15) is 30.8 Å². The summed E-state index contributed by atoms with van der Waals surface area (Å²) in [6, 6.07) is 5.08. The van der Waals surface area contributed by atoms with Gasteiger partial charge in [-0.15, -0.1) is 10.2 Å². The first-order valence-corrected chi connectivity index (χ1v) is 11.6. The quantitative estimate of drug-likeness (QED) is 0.488. The van der Waals surface area contributed by atoms with Crippen LogP contribution in [0.1, 0.15) is 27.2 Å². The van der Waals surface area contributed by atoms with E-state index in [1.165, 1.54) is 25.1 Å². The summed E-state index contributed by atoms with van der Waals surface area (Å²) >= 11 is 0. The maximum atomic E-state index is 14.4. The zero-order chi connectivity index (χ0) is 26.1. The number of halogens is 4. The Bertz CT molecular complexity index is 1410. The van der Waals surface area contributed by atoms with E-state index in [4.69, 9.17) is 9.47 Å². The van der Waals surface area contributed by atoms with E-state index in [0.29, 0.717) is 0 Å². The van der Waals surface area contributed by atoms with Crippen LogP contribution in [0.15, 0.2) is 35.4 Å². The van der Waals surface area contributed by atoms with Crippen LogP contribution in [0.5, 0.6) is 17.5 Å². The molecular weight excluding hydrogens is 496 g/mol. The van der Waals surface area contributed by atoms with E-state index >= 15 is 0 Å². The first kappa shape index (κ1) is 25.8. The van der Waals surface area contributed by atoms with Gasteiger partial charge in [0.05, 0.1) is 12.0 Å². The number of aromatic nitrogens is 3. The third-order valence-corrected chi connectivity index (χ3v) is 5.82. The second-order valence-electron chi connectivity index (χ2n) is 7.30. The molecule has 35 heavy (non-hydrogen) atoms. The molecule has 0 radical (unpaired) electrons. The summed E-state index contributed by atoms with van der Waals surface area (Å²) in [5.74, 6) is -3.62. The molecule has 0 atom stereocenters. The zero-order valence-electron chi connectivity index (χ0n) is 18.7. The maximum Gasteiger partial charge on any atom is 0.435 e. The summed E-state index contributed by atoms with van der Waals surface area (Å²) in [6.07, 6.45) is -2.91. The van der Waals surface area contributed by atoms with Crippen LogP contribution in [0.4, 0.5) is 23.2 Å². The summed E-state index contributed by atoms with van der Waals surface area (Å²) in [5.41, 5.74) is -2.68. The summed E-state index contributed by atoms with van der Waals surface area (Å²) < 4.78 is 88.6. The van der Waals surface area contributed by atoms with Gasteiger partial charge in [0.2, 0.25) is 5.75 Å². The first-order valence-electron chi connectivity index (χ1n) is 9.67. The number of rotatable bonds is 6. The molecule has 0 aliphatic heterocycles. The third kappa shape index (κ3) is 5.48. The summed E-state index contributed by atoms with van der Waals surface area (Å²) in [5, 5.41) is 8.82. The van der Waals surface area contributed by atoms with Gasteiger partial charge in [-0.05, 0) is 37.6 Å². The molecule has 9 nitrogen and oxygen atoms in total. The lowest BCUT2D eigenvalue weighted by atomic mass is 10.1. The van der Waals surface area contributed by atoms with Crippen molar-refractivity contribution in [3.8, 4) is 17.5 Å². The summed E-state index contributed by atoms with van der Waals surface area (Å²) in [6.45, 7) is 2.38. The Morgan fingerprint density at radius 2 is 1.80 bits per heavy atom. The molecule has 0 saturated heterocycles. The highest BCUT2D eigenvalue weighted by atomic mass is 32.2. The van der Waals surface area contributed by atoms with Crippen LogP contribution in [-0.4, -0.2) is 42.9 Å². The minimum Gasteiger partial charge on any atom is -0.489 e. The second-order valence-corrected chi connectivity index (χ2v) is 9.32. The highest BCUT2D eigenvalue weighted by Crippen LogP contribution is 2.37. The van der Waals surface area contributed by atoms with E-state index in [0.717, 1.165) is 32.6 Å². The van der Waals surface area contributed by atoms with Crippen molar-refractivity contribution in [2.45, 2.75) is 24.9 Å². The van der Waals surface area contributed by atoms with Crippen molar-refractivity contribution in [3.05, 3.63) is 58.7 Å². The molecule has 3 aromatic rings. The predicted octanol–water partition coefficient (Wildman–Crippen LogP) is 4.10. The van der Waals surface area contributed by atoms with E-state index in [1.54, 1.807) is 0 Å². The summed E-state index contributed by atoms with van der Waals surface area (Å²) in [7, 11) is -2.51. The number of carbonyl (C=O) groups excluding carboxylic acids is 1. The molecule has 1 aromatic carbocycles. The monoisotopic (exact) mass is 514 g/mol. The fraction of sp³-hybridized carbons (Fsp3) is 0.238. The number of anilines is 1. The Hall–Kier alpha value is -3.81. The number of pyridine rings is 1. The highest BCUT2D eigenvalue weighted by Gasteiger charge is 2.38. The number of aryl methyl sites for hydroxylation is 1. The molecule has 1 amide bonds. The fourth-order valence-electron chi connectivity index (χ4n) is 2.99. The van der Waals surface area contributed by atoms with Crippen molar-refractivity contribution in [2.24, 2.45) is 0 Å². The van der Waals surface area contributed by atoms with E-state index < -0.39 is 62.1 Å². The smallest absolute Gasteiger partial charge is 0.435 e. The van der Waals surface area contributed by atoms with Gasteiger partial charge in [0.15, 0.2) is 21.3 Å². The van der Waals surface area contributed by atoms with Gasteiger partial charge in [0.25, 0.3) is 17.7 Å². The van der Waals surface area contributed by atoms with Crippen LogP contribution in [0.25, 0.3) is 0 Å². The number of nitrogens with one attached hydrogen (secondary N) is 1. The molecule has 0 spiro atoms. The van der Waals surface area contributed by atoms with Gasteiger partial charge in [-0.25, -0.2) is 17.8 Å². The van der Waals surface area contributed by atoms with E-state index in [1.807, 2.05) is 0 Å². The van der Waals surface area contributed by atoms with Crippen molar-refractivity contribution in [2.75, 3.05) is 18.7 Å². The van der Waals surface area contributed by atoms with E-state index in [2.05, 4.69) is 20.5 Å². The van der Waals surface area contributed by atoms with Crippen LogP contribution in [0.2, 0.25) is 0 Å². The molecule has 0 aliphatic rings. The Balaban J connectivity index is 2.12. The molecule has 0 fully saturated rings. The zero-order valence-corrected chi connectivity index (χ0v) is 19.5. The van der Waals surface area contributed by atoms with Crippen LogP contribution in [0, 0.1) is 19.7 Å². The van der Waals surface area contributed by atoms with Crippen LogP contribution >= 0.6 is 0 Å². The van der Waals surface area contributed by atoms with Crippen LogP contribution in [-0.2, 0) is 16.0 Å². The van der Waals surface area contributed by atoms with Gasteiger partial charge in [-0.2, -0.15) is 13.2 Å². The Morgan fingerprint density at radius 3 is 2.40 bits per heavy atom. The number of alkyl halides is 3. The minimum absolute atomic E-state index is 0.0225. The van der Waals surface area contributed by atoms with Gasteiger partial charge < -0.3 is 14.8 Å². The molecule has 3 rings (SSSR count). The van der Waals surface area contributed by atoms with E-state index in [-0.39, 0.29) is 16.1 Å². The number of amides is 1. The number of methoxy groups -OCH3 is 1. The molecule has 2 aromatic heterocycles. The molecular formula is C21H18F4N4O5S. The normalized spacial score (nSPS) is 11.8. The number of benzene rings is 1. The maximum absolute atomic E-state index is 14.4. The molecule has 0 bridgehead atoms. The van der Waals surface area contributed by atoms with Gasteiger partial charge in [-0.1, -0.05) is 6.07 Å². The first-order chi connectivity index (χ1) is 16.2. The van der Waals surface area contributed by atoms with Gasteiger partial charge in [-0.3, -0.25) is 4.79 Å². The SMILES string of the molecule is COc1c(Oc2nnc(C(F)(F)F)c(C)c2C(=O)Nc2cccc(S(C)(=O)=O)c2)ncc(C)c1F. The lowest BCUT2D eigenvalue weighted by Gasteiger charge is -2.17. The lowest BCUT2D eigenvalue weighted by molar-refractivity contribution is -0.142. The third-order valence-electron chi connectivity index (χ3n) is 4.71. The van der Waals surface area contributed by atoms with Crippen LogP contribution < -0.4 is 14.8 Å². The number of sulfone groups is 1. The number of nitrogens with zero attached hydrogens (tertiary/aromatic N) is 3. The van der Waals surface area contributed by atoms with Gasteiger partial charge in [0.1, 0.15) is 5.56 Å².